The van der Waals surface area contributed by atoms with Crippen LogP contribution in [0.2, 0.25) is 5.02 Å². The smallest absolute Gasteiger partial charge is 0.255 e. The third-order valence-corrected chi connectivity index (χ3v) is 5.36. The molecule has 2 heterocycles. The minimum absolute atomic E-state index is 0.0288. The molecule has 6 heteroatoms. The van der Waals surface area contributed by atoms with Crippen LogP contribution in [0.1, 0.15) is 42.5 Å². The van der Waals surface area contributed by atoms with Gasteiger partial charge >= 0.3 is 0 Å². The SMILES string of the molecule is O=C(NC[C@@H]1CCCCO1)C1CCN(C(=O)c2ccccc2Cl)CC1. The van der Waals surface area contributed by atoms with Crippen molar-refractivity contribution in [1.82, 2.24) is 10.2 Å². The number of hydrogen-bond acceptors (Lipinski definition) is 3. The fourth-order valence-corrected chi connectivity index (χ4v) is 3.69. The molecular weight excluding hydrogens is 340 g/mol. The summed E-state index contributed by atoms with van der Waals surface area (Å²) in [4.78, 5) is 26.7. The van der Waals surface area contributed by atoms with Gasteiger partial charge in [-0.1, -0.05) is 23.7 Å². The van der Waals surface area contributed by atoms with Gasteiger partial charge in [-0.2, -0.15) is 0 Å². The van der Waals surface area contributed by atoms with Gasteiger partial charge in [-0.05, 0) is 44.2 Å². The number of hydrogen-bond donors (Lipinski definition) is 1. The summed E-state index contributed by atoms with van der Waals surface area (Å²) in [6, 6.07) is 7.09. The lowest BCUT2D eigenvalue weighted by molar-refractivity contribution is -0.127. The number of carbonyl (C=O) groups is 2. The van der Waals surface area contributed by atoms with E-state index in [0.717, 1.165) is 19.4 Å². The largest absolute Gasteiger partial charge is 0.376 e. The van der Waals surface area contributed by atoms with E-state index in [1.807, 2.05) is 12.1 Å². The van der Waals surface area contributed by atoms with Crippen molar-refractivity contribution in [2.24, 2.45) is 5.92 Å². The van der Waals surface area contributed by atoms with Gasteiger partial charge in [-0.25, -0.2) is 0 Å². The summed E-state index contributed by atoms with van der Waals surface area (Å²) in [7, 11) is 0. The molecule has 1 aromatic rings. The summed E-state index contributed by atoms with van der Waals surface area (Å²) < 4.78 is 5.64. The lowest BCUT2D eigenvalue weighted by atomic mass is 9.95. The van der Waals surface area contributed by atoms with Crippen molar-refractivity contribution in [3.8, 4) is 0 Å². The van der Waals surface area contributed by atoms with Crippen molar-refractivity contribution in [1.29, 1.82) is 0 Å². The zero-order valence-electron chi connectivity index (χ0n) is 14.4. The van der Waals surface area contributed by atoms with Gasteiger partial charge in [0.25, 0.3) is 5.91 Å². The quantitative estimate of drug-likeness (QED) is 0.893. The molecule has 2 aliphatic heterocycles. The van der Waals surface area contributed by atoms with Crippen LogP contribution in [0.4, 0.5) is 0 Å². The highest BCUT2D eigenvalue weighted by molar-refractivity contribution is 6.33. The molecule has 1 atom stereocenters. The average Bonchev–Trinajstić information content (AvgIpc) is 2.67. The van der Waals surface area contributed by atoms with Gasteiger partial charge in [0.05, 0.1) is 16.7 Å². The Hall–Kier alpha value is -1.59. The zero-order valence-corrected chi connectivity index (χ0v) is 15.1. The topological polar surface area (TPSA) is 58.6 Å². The fraction of sp³-hybridized carbons (Fsp3) is 0.579. The molecule has 2 saturated heterocycles. The van der Waals surface area contributed by atoms with Crippen LogP contribution in [0.5, 0.6) is 0 Å². The van der Waals surface area contributed by atoms with Crippen molar-refractivity contribution in [3.63, 3.8) is 0 Å². The first-order valence-electron chi connectivity index (χ1n) is 9.08. The minimum Gasteiger partial charge on any atom is -0.376 e. The molecule has 2 fully saturated rings. The number of halogens is 1. The predicted octanol–water partition coefficient (Wildman–Crippen LogP) is 2.88. The van der Waals surface area contributed by atoms with Gasteiger partial charge in [0.15, 0.2) is 0 Å². The van der Waals surface area contributed by atoms with Crippen molar-refractivity contribution in [2.75, 3.05) is 26.2 Å². The maximum absolute atomic E-state index is 12.6. The summed E-state index contributed by atoms with van der Waals surface area (Å²) >= 11 is 6.11. The summed E-state index contributed by atoms with van der Waals surface area (Å²) in [5, 5.41) is 3.49. The maximum atomic E-state index is 12.6. The highest BCUT2D eigenvalue weighted by atomic mass is 35.5. The fourth-order valence-electron chi connectivity index (χ4n) is 3.48. The zero-order chi connectivity index (χ0) is 17.6. The third kappa shape index (κ3) is 4.73. The molecule has 0 bridgehead atoms. The van der Waals surface area contributed by atoms with E-state index in [4.69, 9.17) is 16.3 Å². The normalized spacial score (nSPS) is 21.8. The molecule has 2 aliphatic rings. The second-order valence-electron chi connectivity index (χ2n) is 6.78. The van der Waals surface area contributed by atoms with Crippen molar-refractivity contribution in [3.05, 3.63) is 34.9 Å². The Morgan fingerprint density at radius 1 is 1.16 bits per heavy atom. The van der Waals surface area contributed by atoms with Crippen molar-refractivity contribution >= 4 is 23.4 Å². The highest BCUT2D eigenvalue weighted by Crippen LogP contribution is 2.22. The van der Waals surface area contributed by atoms with Gasteiger partial charge in [0, 0.05) is 32.2 Å². The van der Waals surface area contributed by atoms with Gasteiger partial charge in [0.2, 0.25) is 5.91 Å². The lowest BCUT2D eigenvalue weighted by Gasteiger charge is -2.32. The Morgan fingerprint density at radius 3 is 2.60 bits per heavy atom. The van der Waals surface area contributed by atoms with E-state index in [9.17, 15) is 9.59 Å². The van der Waals surface area contributed by atoms with E-state index >= 15 is 0 Å². The molecular formula is C19H25ClN2O3. The number of amides is 2. The molecule has 1 aromatic carbocycles. The van der Waals surface area contributed by atoms with Gasteiger partial charge in [-0.3, -0.25) is 9.59 Å². The monoisotopic (exact) mass is 364 g/mol. The van der Waals surface area contributed by atoms with Crippen LogP contribution >= 0.6 is 11.6 Å². The second kappa shape index (κ2) is 8.68. The molecule has 1 N–H and O–H groups in total. The number of carbonyl (C=O) groups excluding carboxylic acids is 2. The Bertz CT molecular complexity index is 608. The standard InChI is InChI=1S/C19H25ClN2O3/c20-17-7-2-1-6-16(17)19(24)22-10-8-14(9-11-22)18(23)21-13-15-5-3-4-12-25-15/h1-2,6-7,14-15H,3-5,8-13H2,(H,21,23)/t15-/m0/s1. The average molecular weight is 365 g/mol. The molecule has 5 nitrogen and oxygen atoms in total. The van der Waals surface area contributed by atoms with Crippen LogP contribution in [0.25, 0.3) is 0 Å². The van der Waals surface area contributed by atoms with Crippen LogP contribution < -0.4 is 5.32 Å². The van der Waals surface area contributed by atoms with Gasteiger partial charge in [0.1, 0.15) is 0 Å². The molecule has 25 heavy (non-hydrogen) atoms. The van der Waals surface area contributed by atoms with Crippen LogP contribution in [-0.2, 0) is 9.53 Å². The van der Waals surface area contributed by atoms with Crippen molar-refractivity contribution in [2.45, 2.75) is 38.2 Å². The van der Waals surface area contributed by atoms with Crippen LogP contribution in [0, 0.1) is 5.92 Å². The summed E-state index contributed by atoms with van der Waals surface area (Å²) in [6.45, 7) is 2.56. The Balaban J connectivity index is 1.45. The molecule has 136 valence electrons. The predicted molar refractivity (Wildman–Crippen MR) is 96.7 cm³/mol. The number of piperidine rings is 1. The molecule has 0 aliphatic carbocycles. The summed E-state index contributed by atoms with van der Waals surface area (Å²) in [6.07, 6.45) is 4.83. The van der Waals surface area contributed by atoms with E-state index in [1.165, 1.54) is 6.42 Å². The highest BCUT2D eigenvalue weighted by Gasteiger charge is 2.28. The first kappa shape index (κ1) is 18.2. The third-order valence-electron chi connectivity index (χ3n) is 5.04. The molecule has 0 radical (unpaired) electrons. The van der Waals surface area contributed by atoms with Crippen LogP contribution in [0.3, 0.4) is 0 Å². The second-order valence-corrected chi connectivity index (χ2v) is 7.19. The number of likely N-dealkylation sites (tertiary alicyclic amines) is 1. The number of nitrogens with zero attached hydrogens (tertiary/aromatic N) is 1. The molecule has 0 spiro atoms. The Morgan fingerprint density at radius 2 is 1.92 bits per heavy atom. The Kier molecular flexibility index (Phi) is 6.32. The molecule has 0 saturated carbocycles. The number of ether oxygens (including phenoxy) is 1. The molecule has 2 amide bonds. The number of nitrogens with one attached hydrogen (secondary N) is 1. The van der Waals surface area contributed by atoms with E-state index in [2.05, 4.69) is 5.32 Å². The first-order valence-corrected chi connectivity index (χ1v) is 9.46. The van der Waals surface area contributed by atoms with E-state index in [-0.39, 0.29) is 23.8 Å². The van der Waals surface area contributed by atoms with Gasteiger partial charge < -0.3 is 15.0 Å². The lowest BCUT2D eigenvalue weighted by Crippen LogP contribution is -2.44. The Labute approximate surface area is 153 Å². The molecule has 3 rings (SSSR count). The van der Waals surface area contributed by atoms with E-state index in [0.29, 0.717) is 43.1 Å². The summed E-state index contributed by atoms with van der Waals surface area (Å²) in [5.74, 6) is -0.00188. The van der Waals surface area contributed by atoms with E-state index < -0.39 is 0 Å². The molecule has 0 aromatic heterocycles. The minimum atomic E-state index is -0.0555. The van der Waals surface area contributed by atoms with Crippen molar-refractivity contribution < 1.29 is 14.3 Å². The van der Waals surface area contributed by atoms with Gasteiger partial charge in [-0.15, -0.1) is 0 Å². The molecule has 0 unspecified atom stereocenters. The van der Waals surface area contributed by atoms with Crippen LogP contribution in [-0.4, -0.2) is 49.1 Å². The summed E-state index contributed by atoms with van der Waals surface area (Å²) in [5.41, 5.74) is 0.529. The first-order chi connectivity index (χ1) is 12.1. The maximum Gasteiger partial charge on any atom is 0.255 e. The van der Waals surface area contributed by atoms with E-state index in [1.54, 1.807) is 17.0 Å². The van der Waals surface area contributed by atoms with Crippen LogP contribution in [0.15, 0.2) is 24.3 Å². The number of rotatable bonds is 4. The number of benzene rings is 1.